The Morgan fingerprint density at radius 1 is 1.03 bits per heavy atom. The van der Waals surface area contributed by atoms with E-state index in [4.69, 9.17) is 9.88 Å². The number of para-hydroxylation sites is 2. The lowest BCUT2D eigenvalue weighted by Crippen LogP contribution is -2.38. The van der Waals surface area contributed by atoms with Gasteiger partial charge in [-0.3, -0.25) is 14.5 Å². The molecule has 0 aliphatic heterocycles. The topological polar surface area (TPSA) is 131 Å². The number of carbonyl (C=O) groups is 2. The van der Waals surface area contributed by atoms with E-state index in [1.807, 2.05) is 6.92 Å². The second-order valence-electron chi connectivity index (χ2n) is 6.17. The zero-order valence-electron chi connectivity index (χ0n) is 16.2. The van der Waals surface area contributed by atoms with Gasteiger partial charge in [0.25, 0.3) is 0 Å². The highest BCUT2D eigenvalue weighted by atomic mass is 32.2. The molecule has 0 aromatic heterocycles. The Bertz CT molecular complexity index is 978. The van der Waals surface area contributed by atoms with Crippen LogP contribution in [0.2, 0.25) is 0 Å². The molecule has 2 amide bonds. The van der Waals surface area contributed by atoms with Gasteiger partial charge in [-0.25, -0.2) is 13.6 Å². The fourth-order valence-electron chi connectivity index (χ4n) is 2.57. The minimum atomic E-state index is -3.87. The number of benzene rings is 2. The van der Waals surface area contributed by atoms with Crippen LogP contribution in [0.1, 0.15) is 6.92 Å². The van der Waals surface area contributed by atoms with Gasteiger partial charge >= 0.3 is 0 Å². The smallest absolute Gasteiger partial charge is 0.238 e. The van der Waals surface area contributed by atoms with Crippen LogP contribution in [0.4, 0.5) is 11.4 Å². The lowest BCUT2D eigenvalue weighted by molar-refractivity contribution is -0.119. The second-order valence-corrected chi connectivity index (χ2v) is 7.73. The Labute approximate surface area is 169 Å². The van der Waals surface area contributed by atoms with E-state index in [2.05, 4.69) is 10.6 Å². The van der Waals surface area contributed by atoms with E-state index >= 15 is 0 Å². The fraction of sp³-hybridized carbons (Fsp3) is 0.263. The molecule has 2 aromatic rings. The molecule has 29 heavy (non-hydrogen) atoms. The quantitative estimate of drug-likeness (QED) is 0.559. The first-order chi connectivity index (χ1) is 13.7. The third kappa shape index (κ3) is 6.86. The third-order valence-electron chi connectivity index (χ3n) is 4.01. The third-order valence-corrected chi connectivity index (χ3v) is 4.92. The number of hydrogen-bond acceptors (Lipinski definition) is 6. The van der Waals surface area contributed by atoms with E-state index in [1.165, 1.54) is 25.3 Å². The molecule has 0 spiro atoms. The van der Waals surface area contributed by atoms with Crippen molar-refractivity contribution in [2.45, 2.75) is 11.8 Å². The standard InChI is InChI=1S/C19H24N4O5S/c1-3-23(13-19(25)22-16-9-4-5-10-17(16)28-2)12-18(24)21-14-7-6-8-15(11-14)29(20,26)27/h4-11H,3,12-13H2,1-2H3,(H,21,24)(H,22,25)(H2,20,26,27). The van der Waals surface area contributed by atoms with Crippen LogP contribution < -0.4 is 20.5 Å². The lowest BCUT2D eigenvalue weighted by atomic mass is 10.3. The molecule has 0 bridgehead atoms. The highest BCUT2D eigenvalue weighted by Gasteiger charge is 2.15. The van der Waals surface area contributed by atoms with Gasteiger partial charge in [-0.15, -0.1) is 0 Å². The Hall–Kier alpha value is -2.95. The summed E-state index contributed by atoms with van der Waals surface area (Å²) < 4.78 is 28.0. The van der Waals surface area contributed by atoms with Gasteiger partial charge in [-0.2, -0.15) is 0 Å². The van der Waals surface area contributed by atoms with Crippen molar-refractivity contribution >= 4 is 33.2 Å². The van der Waals surface area contributed by atoms with E-state index in [-0.39, 0.29) is 29.8 Å². The van der Waals surface area contributed by atoms with Crippen LogP contribution in [0.3, 0.4) is 0 Å². The number of sulfonamides is 1. The number of ether oxygens (including phenoxy) is 1. The Balaban J connectivity index is 1.95. The normalized spacial score (nSPS) is 11.2. The lowest BCUT2D eigenvalue weighted by Gasteiger charge is -2.20. The molecule has 0 atom stereocenters. The molecule has 2 rings (SSSR count). The first kappa shape index (κ1) is 22.3. The fourth-order valence-corrected chi connectivity index (χ4v) is 3.13. The summed E-state index contributed by atoms with van der Waals surface area (Å²) in [6.07, 6.45) is 0. The highest BCUT2D eigenvalue weighted by Crippen LogP contribution is 2.22. The number of rotatable bonds is 9. The van der Waals surface area contributed by atoms with Crippen LogP contribution in [-0.2, 0) is 19.6 Å². The summed E-state index contributed by atoms with van der Waals surface area (Å²) >= 11 is 0. The zero-order chi connectivity index (χ0) is 21.4. The first-order valence-electron chi connectivity index (χ1n) is 8.81. The van der Waals surface area contributed by atoms with Crippen LogP contribution in [0.15, 0.2) is 53.4 Å². The van der Waals surface area contributed by atoms with E-state index in [1.54, 1.807) is 35.2 Å². The SMILES string of the molecule is CCN(CC(=O)Nc1cccc(S(N)(=O)=O)c1)CC(=O)Nc1ccccc1OC. The molecule has 10 heteroatoms. The van der Waals surface area contributed by atoms with E-state index in [9.17, 15) is 18.0 Å². The predicted molar refractivity (Wildman–Crippen MR) is 110 cm³/mol. The second kappa shape index (κ2) is 10.0. The number of amides is 2. The summed E-state index contributed by atoms with van der Waals surface area (Å²) in [5, 5.41) is 10.5. The molecular formula is C19H24N4O5S. The van der Waals surface area contributed by atoms with Crippen LogP contribution >= 0.6 is 0 Å². The number of likely N-dealkylation sites (N-methyl/N-ethyl adjacent to an activating group) is 1. The number of anilines is 2. The molecule has 0 heterocycles. The largest absolute Gasteiger partial charge is 0.495 e. The minimum absolute atomic E-state index is 0.000806. The number of primary sulfonamides is 1. The van der Waals surface area contributed by atoms with E-state index in [0.29, 0.717) is 23.7 Å². The molecule has 0 fully saturated rings. The summed E-state index contributed by atoms with van der Waals surface area (Å²) in [5.74, 6) is -0.139. The van der Waals surface area contributed by atoms with Gasteiger partial charge in [0, 0.05) is 5.69 Å². The predicted octanol–water partition coefficient (Wildman–Crippen LogP) is 1.24. The number of nitrogens with zero attached hydrogens (tertiary/aromatic N) is 1. The zero-order valence-corrected chi connectivity index (χ0v) is 17.0. The van der Waals surface area contributed by atoms with Crippen LogP contribution in [-0.4, -0.2) is 51.9 Å². The molecule has 0 unspecified atom stereocenters. The van der Waals surface area contributed by atoms with Gasteiger partial charge in [0.05, 0.1) is 30.8 Å². The van der Waals surface area contributed by atoms with Crippen molar-refractivity contribution in [2.75, 3.05) is 37.4 Å². The Morgan fingerprint density at radius 3 is 2.31 bits per heavy atom. The monoisotopic (exact) mass is 420 g/mol. The number of carbonyl (C=O) groups excluding carboxylic acids is 2. The van der Waals surface area contributed by atoms with Gasteiger partial charge in [0.2, 0.25) is 21.8 Å². The summed E-state index contributed by atoms with van der Waals surface area (Å²) in [4.78, 5) is 26.2. The first-order valence-corrected chi connectivity index (χ1v) is 10.4. The number of hydrogen-bond donors (Lipinski definition) is 3. The van der Waals surface area contributed by atoms with Crippen LogP contribution in [0, 0.1) is 0 Å². The molecule has 0 aliphatic carbocycles. The molecule has 156 valence electrons. The molecular weight excluding hydrogens is 396 g/mol. The van der Waals surface area contributed by atoms with Crippen molar-refractivity contribution in [1.29, 1.82) is 0 Å². The molecule has 0 saturated carbocycles. The van der Waals surface area contributed by atoms with Gasteiger partial charge < -0.3 is 15.4 Å². The maximum atomic E-state index is 12.3. The Kier molecular flexibility index (Phi) is 7.71. The average molecular weight is 420 g/mol. The van der Waals surface area contributed by atoms with Crippen molar-refractivity contribution in [3.63, 3.8) is 0 Å². The molecule has 0 aliphatic rings. The summed E-state index contributed by atoms with van der Waals surface area (Å²) in [7, 11) is -2.35. The van der Waals surface area contributed by atoms with Gasteiger partial charge in [-0.05, 0) is 36.9 Å². The van der Waals surface area contributed by atoms with Crippen molar-refractivity contribution in [3.8, 4) is 5.75 Å². The molecule has 9 nitrogen and oxygen atoms in total. The summed E-state index contributed by atoms with van der Waals surface area (Å²) in [6, 6.07) is 12.7. The number of nitrogens with one attached hydrogen (secondary N) is 2. The van der Waals surface area contributed by atoms with Crippen molar-refractivity contribution < 1.29 is 22.7 Å². The maximum absolute atomic E-state index is 12.3. The van der Waals surface area contributed by atoms with Crippen molar-refractivity contribution in [2.24, 2.45) is 5.14 Å². The van der Waals surface area contributed by atoms with E-state index in [0.717, 1.165) is 0 Å². The molecule has 2 aromatic carbocycles. The van der Waals surface area contributed by atoms with Crippen molar-refractivity contribution in [3.05, 3.63) is 48.5 Å². The summed E-state index contributed by atoms with van der Waals surface area (Å²) in [5.41, 5.74) is 0.844. The molecule has 4 N–H and O–H groups in total. The van der Waals surface area contributed by atoms with Crippen LogP contribution in [0.5, 0.6) is 5.75 Å². The molecule has 0 radical (unpaired) electrons. The van der Waals surface area contributed by atoms with Gasteiger partial charge in [0.15, 0.2) is 0 Å². The Morgan fingerprint density at radius 2 is 1.69 bits per heavy atom. The molecule has 0 saturated heterocycles. The average Bonchev–Trinajstić information content (AvgIpc) is 2.67. The van der Waals surface area contributed by atoms with Gasteiger partial charge in [0.1, 0.15) is 5.75 Å². The van der Waals surface area contributed by atoms with E-state index < -0.39 is 10.0 Å². The highest BCUT2D eigenvalue weighted by molar-refractivity contribution is 7.89. The summed E-state index contributed by atoms with van der Waals surface area (Å²) in [6.45, 7) is 2.24. The van der Waals surface area contributed by atoms with Gasteiger partial charge in [-0.1, -0.05) is 25.1 Å². The number of methoxy groups -OCH3 is 1. The van der Waals surface area contributed by atoms with Crippen molar-refractivity contribution in [1.82, 2.24) is 4.90 Å². The number of nitrogens with two attached hydrogens (primary N) is 1. The maximum Gasteiger partial charge on any atom is 0.238 e. The minimum Gasteiger partial charge on any atom is -0.495 e. The van der Waals surface area contributed by atoms with Crippen LogP contribution in [0.25, 0.3) is 0 Å².